The predicted molar refractivity (Wildman–Crippen MR) is 57.1 cm³/mol. The van der Waals surface area contributed by atoms with Crippen LogP contribution < -0.4 is 5.32 Å². The predicted octanol–water partition coefficient (Wildman–Crippen LogP) is 0.428. The van der Waals surface area contributed by atoms with Crippen molar-refractivity contribution in [2.75, 3.05) is 5.32 Å². The van der Waals surface area contributed by atoms with Crippen LogP contribution in [0.3, 0.4) is 0 Å². The van der Waals surface area contributed by atoms with Gasteiger partial charge in [-0.25, -0.2) is 4.98 Å². The molecule has 3 heterocycles. The van der Waals surface area contributed by atoms with Crippen molar-refractivity contribution in [2.45, 2.75) is 13.5 Å². The van der Waals surface area contributed by atoms with Crippen molar-refractivity contribution in [3.8, 4) is 0 Å². The number of aryl methyl sites for hydroxylation is 1. The summed E-state index contributed by atoms with van der Waals surface area (Å²) in [6, 6.07) is 0. The van der Waals surface area contributed by atoms with Crippen LogP contribution in [0.25, 0.3) is 5.65 Å². The topological polar surface area (TPSA) is 94.0 Å². The van der Waals surface area contributed by atoms with Crippen LogP contribution in [0.5, 0.6) is 0 Å². The van der Waals surface area contributed by atoms with E-state index in [0.29, 0.717) is 29.7 Å². The normalized spacial score (nSPS) is 10.9. The molecule has 8 nitrogen and oxygen atoms in total. The van der Waals surface area contributed by atoms with E-state index in [1.54, 1.807) is 30.0 Å². The SMILES string of the molecule is Cc1noc(CNc2nccn3cnnc23)n1. The Bertz CT molecular complexity index is 643. The van der Waals surface area contributed by atoms with Gasteiger partial charge in [-0.15, -0.1) is 10.2 Å². The van der Waals surface area contributed by atoms with Crippen LogP contribution >= 0.6 is 0 Å². The summed E-state index contributed by atoms with van der Waals surface area (Å²) in [4.78, 5) is 8.26. The van der Waals surface area contributed by atoms with Gasteiger partial charge in [0.1, 0.15) is 6.33 Å². The molecule has 0 amide bonds. The van der Waals surface area contributed by atoms with E-state index in [0.717, 1.165) is 0 Å². The molecular formula is C9H9N7O. The average Bonchev–Trinajstić information content (AvgIpc) is 2.94. The van der Waals surface area contributed by atoms with Crippen molar-refractivity contribution in [1.29, 1.82) is 0 Å². The smallest absolute Gasteiger partial charge is 0.245 e. The first kappa shape index (κ1) is 9.70. The van der Waals surface area contributed by atoms with E-state index in [1.807, 2.05) is 0 Å². The molecule has 0 saturated heterocycles. The van der Waals surface area contributed by atoms with Crippen molar-refractivity contribution in [1.82, 2.24) is 29.7 Å². The molecule has 1 N–H and O–H groups in total. The molecule has 0 saturated carbocycles. The molecule has 3 rings (SSSR count). The summed E-state index contributed by atoms with van der Waals surface area (Å²) < 4.78 is 6.76. The van der Waals surface area contributed by atoms with Crippen molar-refractivity contribution in [3.63, 3.8) is 0 Å². The minimum atomic E-state index is 0.403. The number of anilines is 1. The molecule has 0 aliphatic rings. The molecule has 0 aliphatic carbocycles. The fraction of sp³-hybridized carbons (Fsp3) is 0.222. The van der Waals surface area contributed by atoms with Crippen molar-refractivity contribution < 1.29 is 4.52 Å². The molecule has 3 aromatic rings. The first-order valence-electron chi connectivity index (χ1n) is 5.00. The Morgan fingerprint density at radius 2 is 2.41 bits per heavy atom. The molecule has 0 unspecified atom stereocenters. The highest BCUT2D eigenvalue weighted by atomic mass is 16.5. The van der Waals surface area contributed by atoms with Gasteiger partial charge >= 0.3 is 0 Å². The van der Waals surface area contributed by atoms with Crippen LogP contribution in [-0.4, -0.2) is 29.7 Å². The van der Waals surface area contributed by atoms with E-state index in [9.17, 15) is 0 Å². The number of fused-ring (bicyclic) bond motifs is 1. The zero-order valence-corrected chi connectivity index (χ0v) is 9.03. The second-order valence-electron chi connectivity index (χ2n) is 3.43. The van der Waals surface area contributed by atoms with Gasteiger partial charge in [0.15, 0.2) is 11.6 Å². The number of hydrogen-bond acceptors (Lipinski definition) is 7. The third-order valence-corrected chi connectivity index (χ3v) is 2.19. The maximum atomic E-state index is 4.99. The van der Waals surface area contributed by atoms with E-state index < -0.39 is 0 Å². The molecule has 8 heteroatoms. The lowest BCUT2D eigenvalue weighted by molar-refractivity contribution is 0.379. The van der Waals surface area contributed by atoms with E-state index >= 15 is 0 Å². The molecule has 0 radical (unpaired) electrons. The molecule has 0 fully saturated rings. The molecule has 0 spiro atoms. The zero-order chi connectivity index (χ0) is 11.7. The molecule has 86 valence electrons. The van der Waals surface area contributed by atoms with Crippen LogP contribution in [0.15, 0.2) is 23.2 Å². The van der Waals surface area contributed by atoms with Gasteiger partial charge < -0.3 is 9.84 Å². The standard InChI is InChI=1S/C9H9N7O/c1-6-13-7(17-15-6)4-11-8-9-14-12-5-16(9)3-2-10-8/h2-3,5H,4H2,1H3,(H,10,11). The molecule has 17 heavy (non-hydrogen) atoms. The number of rotatable bonds is 3. The first-order valence-corrected chi connectivity index (χ1v) is 5.00. The molecule has 0 aliphatic heterocycles. The molecule has 0 atom stereocenters. The van der Waals surface area contributed by atoms with Gasteiger partial charge in [0.2, 0.25) is 11.5 Å². The Kier molecular flexibility index (Phi) is 2.18. The largest absolute Gasteiger partial charge is 0.358 e. The quantitative estimate of drug-likeness (QED) is 0.698. The number of nitrogens with zero attached hydrogens (tertiary/aromatic N) is 6. The Balaban J connectivity index is 1.83. The average molecular weight is 231 g/mol. The van der Waals surface area contributed by atoms with Crippen molar-refractivity contribution in [2.24, 2.45) is 0 Å². The van der Waals surface area contributed by atoms with Gasteiger partial charge in [-0.1, -0.05) is 5.16 Å². The summed E-state index contributed by atoms with van der Waals surface area (Å²) in [5, 5.41) is 14.5. The number of aromatic nitrogens is 6. The van der Waals surface area contributed by atoms with Gasteiger partial charge in [-0.3, -0.25) is 4.40 Å². The van der Waals surface area contributed by atoms with Crippen molar-refractivity contribution in [3.05, 3.63) is 30.4 Å². The van der Waals surface area contributed by atoms with Crippen LogP contribution in [0.2, 0.25) is 0 Å². The van der Waals surface area contributed by atoms with Crippen molar-refractivity contribution >= 4 is 11.5 Å². The van der Waals surface area contributed by atoms with E-state index in [1.165, 1.54) is 0 Å². The Morgan fingerprint density at radius 1 is 1.47 bits per heavy atom. The summed E-state index contributed by atoms with van der Waals surface area (Å²) in [6.45, 7) is 2.17. The van der Waals surface area contributed by atoms with E-state index in [-0.39, 0.29) is 0 Å². The second kappa shape index (κ2) is 3.81. The molecule has 3 aromatic heterocycles. The second-order valence-corrected chi connectivity index (χ2v) is 3.43. The first-order chi connectivity index (χ1) is 8.33. The van der Waals surface area contributed by atoms with E-state index in [2.05, 4.69) is 30.6 Å². The monoisotopic (exact) mass is 231 g/mol. The minimum absolute atomic E-state index is 0.403. The summed E-state index contributed by atoms with van der Waals surface area (Å²) in [5.41, 5.74) is 0.656. The van der Waals surface area contributed by atoms with Gasteiger partial charge in [0.25, 0.3) is 0 Å². The summed E-state index contributed by atoms with van der Waals surface area (Å²) >= 11 is 0. The van der Waals surface area contributed by atoms with Crippen LogP contribution in [0, 0.1) is 6.92 Å². The summed E-state index contributed by atoms with van der Waals surface area (Å²) in [5.74, 6) is 1.74. The third-order valence-electron chi connectivity index (χ3n) is 2.19. The van der Waals surface area contributed by atoms with E-state index in [4.69, 9.17) is 4.52 Å². The van der Waals surface area contributed by atoms with Crippen LogP contribution in [-0.2, 0) is 6.54 Å². The fourth-order valence-electron chi connectivity index (χ4n) is 1.45. The highest BCUT2D eigenvalue weighted by Gasteiger charge is 2.06. The highest BCUT2D eigenvalue weighted by Crippen LogP contribution is 2.10. The minimum Gasteiger partial charge on any atom is -0.358 e. The van der Waals surface area contributed by atoms with Gasteiger partial charge in [0.05, 0.1) is 6.54 Å². The lowest BCUT2D eigenvalue weighted by Crippen LogP contribution is -2.03. The van der Waals surface area contributed by atoms with Gasteiger partial charge in [-0.2, -0.15) is 4.98 Å². The van der Waals surface area contributed by atoms with Gasteiger partial charge in [0, 0.05) is 12.4 Å². The molecule has 0 aromatic carbocycles. The Morgan fingerprint density at radius 3 is 3.24 bits per heavy atom. The summed E-state index contributed by atoms with van der Waals surface area (Å²) in [7, 11) is 0. The Labute approximate surface area is 95.7 Å². The maximum Gasteiger partial charge on any atom is 0.245 e. The van der Waals surface area contributed by atoms with Gasteiger partial charge in [-0.05, 0) is 6.92 Å². The fourth-order valence-corrected chi connectivity index (χ4v) is 1.45. The lowest BCUT2D eigenvalue weighted by Gasteiger charge is -2.02. The Hall–Kier alpha value is -2.51. The highest BCUT2D eigenvalue weighted by molar-refractivity contribution is 5.61. The zero-order valence-electron chi connectivity index (χ0n) is 9.03. The number of hydrogen-bond donors (Lipinski definition) is 1. The maximum absolute atomic E-state index is 4.99. The number of nitrogens with one attached hydrogen (secondary N) is 1. The van der Waals surface area contributed by atoms with Crippen LogP contribution in [0.4, 0.5) is 5.82 Å². The third kappa shape index (κ3) is 1.80. The van der Waals surface area contributed by atoms with Crippen LogP contribution in [0.1, 0.15) is 11.7 Å². The lowest BCUT2D eigenvalue weighted by atomic mass is 10.5. The summed E-state index contributed by atoms with van der Waals surface area (Å²) in [6.07, 6.45) is 5.05. The molecular weight excluding hydrogens is 222 g/mol. The molecule has 0 bridgehead atoms.